The van der Waals surface area contributed by atoms with E-state index in [0.29, 0.717) is 11.5 Å². The van der Waals surface area contributed by atoms with Crippen molar-refractivity contribution in [2.24, 2.45) is 0 Å². The summed E-state index contributed by atoms with van der Waals surface area (Å²) in [5.41, 5.74) is 1.07. The fraction of sp³-hybridized carbons (Fsp3) is 0.0714. The van der Waals surface area contributed by atoms with Gasteiger partial charge in [0.15, 0.2) is 0 Å². The lowest BCUT2D eigenvalue weighted by atomic mass is 10.1. The van der Waals surface area contributed by atoms with Crippen LogP contribution >= 0.6 is 0 Å². The number of aromatic nitrogens is 1. The summed E-state index contributed by atoms with van der Waals surface area (Å²) in [7, 11) is 0. The number of carboxylic acid groups (broad SMARTS) is 1. The quantitative estimate of drug-likeness (QED) is 0.910. The van der Waals surface area contributed by atoms with Crippen molar-refractivity contribution >= 4 is 5.97 Å². The van der Waals surface area contributed by atoms with Gasteiger partial charge in [-0.25, -0.2) is 4.79 Å². The summed E-state index contributed by atoms with van der Waals surface area (Å²) < 4.78 is 5.51. The first-order chi connectivity index (χ1) is 9.10. The van der Waals surface area contributed by atoms with Gasteiger partial charge in [-0.05, 0) is 37.3 Å². The van der Waals surface area contributed by atoms with E-state index in [2.05, 4.69) is 4.98 Å². The Morgan fingerprint density at radius 3 is 2.74 bits per heavy atom. The van der Waals surface area contributed by atoms with Crippen molar-refractivity contribution in [2.75, 3.05) is 0 Å². The van der Waals surface area contributed by atoms with Crippen molar-refractivity contribution in [1.29, 1.82) is 5.26 Å². The van der Waals surface area contributed by atoms with E-state index >= 15 is 0 Å². The minimum absolute atomic E-state index is 0.0472. The monoisotopic (exact) mass is 254 g/mol. The van der Waals surface area contributed by atoms with Crippen LogP contribution in [0.15, 0.2) is 36.5 Å². The zero-order chi connectivity index (χ0) is 13.8. The highest BCUT2D eigenvalue weighted by molar-refractivity contribution is 5.88. The zero-order valence-electron chi connectivity index (χ0n) is 10.1. The van der Waals surface area contributed by atoms with E-state index in [4.69, 9.17) is 15.1 Å². The van der Waals surface area contributed by atoms with Crippen molar-refractivity contribution in [3.8, 4) is 17.6 Å². The lowest BCUT2D eigenvalue weighted by Crippen LogP contribution is -1.98. The molecular formula is C14H10N2O3. The van der Waals surface area contributed by atoms with E-state index in [-0.39, 0.29) is 11.1 Å². The van der Waals surface area contributed by atoms with E-state index in [1.54, 1.807) is 18.3 Å². The van der Waals surface area contributed by atoms with Gasteiger partial charge in [-0.2, -0.15) is 5.26 Å². The van der Waals surface area contributed by atoms with Crippen molar-refractivity contribution in [3.05, 3.63) is 53.3 Å². The Bertz CT molecular complexity index is 657. The van der Waals surface area contributed by atoms with Crippen LogP contribution < -0.4 is 4.74 Å². The molecule has 1 heterocycles. The number of nitrogens with zero attached hydrogens (tertiary/aromatic N) is 2. The number of pyridine rings is 1. The Morgan fingerprint density at radius 1 is 1.37 bits per heavy atom. The third-order valence-electron chi connectivity index (χ3n) is 2.46. The molecular weight excluding hydrogens is 244 g/mol. The highest BCUT2D eigenvalue weighted by atomic mass is 16.5. The fourth-order valence-corrected chi connectivity index (χ4v) is 1.48. The molecule has 19 heavy (non-hydrogen) atoms. The molecule has 5 heteroatoms. The van der Waals surface area contributed by atoms with Gasteiger partial charge < -0.3 is 9.84 Å². The van der Waals surface area contributed by atoms with E-state index in [9.17, 15) is 4.79 Å². The Kier molecular flexibility index (Phi) is 3.44. The number of nitriles is 1. The number of carbonyl (C=O) groups is 1. The van der Waals surface area contributed by atoms with Gasteiger partial charge in [-0.1, -0.05) is 0 Å². The van der Waals surface area contributed by atoms with Crippen LogP contribution in [0.25, 0.3) is 0 Å². The molecule has 1 aromatic carbocycles. The number of ether oxygens (including phenoxy) is 1. The maximum Gasteiger partial charge on any atom is 0.335 e. The van der Waals surface area contributed by atoms with Crippen LogP contribution in [0.3, 0.4) is 0 Å². The normalized spacial score (nSPS) is 9.68. The molecule has 1 aromatic heterocycles. The van der Waals surface area contributed by atoms with Crippen LogP contribution in [0.4, 0.5) is 0 Å². The Labute approximate surface area is 109 Å². The largest absolute Gasteiger partial charge is 0.478 e. The second kappa shape index (κ2) is 5.19. The average Bonchev–Trinajstić information content (AvgIpc) is 2.41. The average molecular weight is 254 g/mol. The zero-order valence-corrected chi connectivity index (χ0v) is 10.1. The summed E-state index contributed by atoms with van der Waals surface area (Å²) >= 11 is 0. The van der Waals surface area contributed by atoms with Crippen LogP contribution in [0.5, 0.6) is 11.5 Å². The van der Waals surface area contributed by atoms with Crippen LogP contribution in [-0.2, 0) is 0 Å². The number of rotatable bonds is 3. The highest BCUT2D eigenvalue weighted by Crippen LogP contribution is 2.25. The predicted octanol–water partition coefficient (Wildman–Crippen LogP) is 2.75. The van der Waals surface area contributed by atoms with Gasteiger partial charge in [0.1, 0.15) is 17.6 Å². The molecule has 1 N–H and O–H groups in total. The molecule has 0 aliphatic heterocycles. The summed E-state index contributed by atoms with van der Waals surface area (Å²) in [4.78, 5) is 14.9. The topological polar surface area (TPSA) is 83.2 Å². The first-order valence-corrected chi connectivity index (χ1v) is 5.48. The summed E-state index contributed by atoms with van der Waals surface area (Å²) in [5, 5.41) is 17.9. The smallest absolute Gasteiger partial charge is 0.335 e. The van der Waals surface area contributed by atoms with Gasteiger partial charge in [0.2, 0.25) is 0 Å². The molecule has 0 aliphatic rings. The molecule has 94 valence electrons. The van der Waals surface area contributed by atoms with Gasteiger partial charge >= 0.3 is 5.97 Å². The lowest BCUT2D eigenvalue weighted by molar-refractivity contribution is 0.0697. The SMILES string of the molecule is Cc1ccc(Oc2ccc(C(=O)O)cc2C#N)cn1. The lowest BCUT2D eigenvalue weighted by Gasteiger charge is -2.07. The van der Waals surface area contributed by atoms with Crippen molar-refractivity contribution in [2.45, 2.75) is 6.92 Å². The third kappa shape index (κ3) is 2.87. The maximum absolute atomic E-state index is 10.8. The summed E-state index contributed by atoms with van der Waals surface area (Å²) in [6.45, 7) is 1.85. The Balaban J connectivity index is 2.33. The number of aryl methyl sites for hydroxylation is 1. The third-order valence-corrected chi connectivity index (χ3v) is 2.46. The van der Waals surface area contributed by atoms with E-state index in [1.165, 1.54) is 18.2 Å². The number of hydrogen-bond donors (Lipinski definition) is 1. The number of hydrogen-bond acceptors (Lipinski definition) is 4. The van der Waals surface area contributed by atoms with Gasteiger partial charge in [-0.15, -0.1) is 0 Å². The Hall–Kier alpha value is -2.87. The molecule has 0 aliphatic carbocycles. The van der Waals surface area contributed by atoms with E-state index in [0.717, 1.165) is 5.69 Å². The molecule has 2 aromatic rings. The number of carboxylic acids is 1. The molecule has 0 amide bonds. The molecule has 5 nitrogen and oxygen atoms in total. The van der Waals surface area contributed by atoms with Crippen LogP contribution in [0, 0.1) is 18.3 Å². The first-order valence-electron chi connectivity index (χ1n) is 5.48. The molecule has 0 radical (unpaired) electrons. The molecule has 0 atom stereocenters. The molecule has 0 bridgehead atoms. The molecule has 0 fully saturated rings. The van der Waals surface area contributed by atoms with Gasteiger partial charge in [0.05, 0.1) is 17.3 Å². The summed E-state index contributed by atoms with van der Waals surface area (Å²) in [6, 6.07) is 9.56. The summed E-state index contributed by atoms with van der Waals surface area (Å²) in [6.07, 6.45) is 1.54. The summed E-state index contributed by atoms with van der Waals surface area (Å²) in [5.74, 6) is -0.289. The van der Waals surface area contributed by atoms with E-state index < -0.39 is 5.97 Å². The molecule has 0 spiro atoms. The van der Waals surface area contributed by atoms with Crippen molar-refractivity contribution < 1.29 is 14.6 Å². The standard InChI is InChI=1S/C14H10N2O3/c1-9-2-4-12(8-16-9)19-13-5-3-10(14(17)18)6-11(13)7-15/h2-6,8H,1H3,(H,17,18). The molecule has 2 rings (SSSR count). The minimum Gasteiger partial charge on any atom is -0.478 e. The maximum atomic E-state index is 10.8. The van der Waals surface area contributed by atoms with Crippen molar-refractivity contribution in [3.63, 3.8) is 0 Å². The van der Waals surface area contributed by atoms with Gasteiger partial charge in [0.25, 0.3) is 0 Å². The number of benzene rings is 1. The van der Waals surface area contributed by atoms with Crippen LogP contribution in [0.2, 0.25) is 0 Å². The minimum atomic E-state index is -1.08. The fourth-order valence-electron chi connectivity index (χ4n) is 1.48. The highest BCUT2D eigenvalue weighted by Gasteiger charge is 2.10. The second-order valence-electron chi connectivity index (χ2n) is 3.87. The molecule has 0 saturated heterocycles. The van der Waals surface area contributed by atoms with Crippen LogP contribution in [-0.4, -0.2) is 16.1 Å². The predicted molar refractivity (Wildman–Crippen MR) is 67.2 cm³/mol. The second-order valence-corrected chi connectivity index (χ2v) is 3.87. The van der Waals surface area contributed by atoms with Crippen molar-refractivity contribution in [1.82, 2.24) is 4.98 Å². The van der Waals surface area contributed by atoms with Gasteiger partial charge in [0, 0.05) is 5.69 Å². The molecule has 0 unspecified atom stereocenters. The van der Waals surface area contributed by atoms with Gasteiger partial charge in [-0.3, -0.25) is 4.98 Å². The van der Waals surface area contributed by atoms with E-state index in [1.807, 2.05) is 13.0 Å². The Morgan fingerprint density at radius 2 is 2.16 bits per heavy atom. The molecule has 0 saturated carbocycles. The van der Waals surface area contributed by atoms with Crippen LogP contribution in [0.1, 0.15) is 21.6 Å². The first kappa shape index (κ1) is 12.6. The number of aromatic carboxylic acids is 1.